The Hall–Kier alpha value is -0.120. The lowest BCUT2D eigenvalue weighted by Gasteiger charge is -2.34. The van der Waals surface area contributed by atoms with Gasteiger partial charge in [-0.05, 0) is 27.4 Å². The number of aliphatic hydroxyl groups is 1. The highest BCUT2D eigenvalue weighted by atomic mass is 16.6. The van der Waals surface area contributed by atoms with E-state index in [-0.39, 0.29) is 6.10 Å². The summed E-state index contributed by atoms with van der Waals surface area (Å²) in [7, 11) is 4.07. The first-order valence-electron chi connectivity index (χ1n) is 4.09. The van der Waals surface area contributed by atoms with E-state index < -0.39 is 6.29 Å². The molecule has 0 spiro atoms. The molecule has 3 heteroatoms. The molecule has 1 saturated heterocycles. The zero-order valence-electron chi connectivity index (χ0n) is 7.45. The minimum absolute atomic E-state index is 0.186. The molecule has 0 amide bonds. The van der Waals surface area contributed by atoms with Gasteiger partial charge in [-0.2, -0.15) is 0 Å². The van der Waals surface area contributed by atoms with Gasteiger partial charge < -0.3 is 14.7 Å². The molecule has 0 aliphatic carbocycles. The molecule has 0 aromatic carbocycles. The van der Waals surface area contributed by atoms with Crippen molar-refractivity contribution in [2.75, 3.05) is 14.1 Å². The summed E-state index contributed by atoms with van der Waals surface area (Å²) in [6, 6.07) is 0.466. The van der Waals surface area contributed by atoms with Crippen LogP contribution in [0.1, 0.15) is 19.8 Å². The number of ether oxygens (including phenoxy) is 1. The van der Waals surface area contributed by atoms with E-state index in [0.717, 1.165) is 12.8 Å². The molecule has 1 N–H and O–H groups in total. The first kappa shape index (κ1) is 8.97. The van der Waals surface area contributed by atoms with Crippen LogP contribution >= 0.6 is 0 Å². The lowest BCUT2D eigenvalue weighted by molar-refractivity contribution is -0.172. The van der Waals surface area contributed by atoms with E-state index in [2.05, 4.69) is 4.90 Å². The van der Waals surface area contributed by atoms with Gasteiger partial charge in [-0.15, -0.1) is 0 Å². The molecule has 0 saturated carbocycles. The molecule has 1 rings (SSSR count). The van der Waals surface area contributed by atoms with Crippen LogP contribution in [-0.2, 0) is 4.74 Å². The molecule has 0 radical (unpaired) electrons. The predicted molar refractivity (Wildman–Crippen MR) is 43.3 cm³/mol. The van der Waals surface area contributed by atoms with Gasteiger partial charge in [-0.1, -0.05) is 0 Å². The Morgan fingerprint density at radius 2 is 2.00 bits per heavy atom. The van der Waals surface area contributed by atoms with Gasteiger partial charge >= 0.3 is 0 Å². The highest BCUT2D eigenvalue weighted by molar-refractivity contribution is 4.75. The smallest absolute Gasteiger partial charge is 0.156 e. The number of nitrogens with zero attached hydrogens (tertiary/aromatic N) is 1. The van der Waals surface area contributed by atoms with Crippen molar-refractivity contribution >= 4 is 0 Å². The fourth-order valence-electron chi connectivity index (χ4n) is 1.51. The number of rotatable bonds is 1. The van der Waals surface area contributed by atoms with Crippen LogP contribution in [0.4, 0.5) is 0 Å². The van der Waals surface area contributed by atoms with Gasteiger partial charge in [-0.25, -0.2) is 0 Å². The summed E-state index contributed by atoms with van der Waals surface area (Å²) >= 11 is 0. The molecule has 0 aromatic heterocycles. The third-order valence-electron chi connectivity index (χ3n) is 2.20. The van der Waals surface area contributed by atoms with E-state index in [1.165, 1.54) is 0 Å². The van der Waals surface area contributed by atoms with Crippen molar-refractivity contribution in [3.63, 3.8) is 0 Å². The fourth-order valence-corrected chi connectivity index (χ4v) is 1.51. The molecule has 11 heavy (non-hydrogen) atoms. The van der Waals surface area contributed by atoms with Gasteiger partial charge in [0, 0.05) is 12.5 Å². The van der Waals surface area contributed by atoms with Gasteiger partial charge in [-0.3, -0.25) is 0 Å². The molecule has 3 atom stereocenters. The van der Waals surface area contributed by atoms with Crippen LogP contribution in [0.5, 0.6) is 0 Å². The topological polar surface area (TPSA) is 32.7 Å². The molecule has 0 bridgehead atoms. The van der Waals surface area contributed by atoms with E-state index in [0.29, 0.717) is 6.04 Å². The Morgan fingerprint density at radius 1 is 1.36 bits per heavy atom. The zero-order chi connectivity index (χ0) is 8.43. The third-order valence-corrected chi connectivity index (χ3v) is 2.20. The largest absolute Gasteiger partial charge is 0.368 e. The predicted octanol–water partition coefficient (Wildman–Crippen LogP) is 0.434. The summed E-state index contributed by atoms with van der Waals surface area (Å²) in [6.45, 7) is 2.00. The Kier molecular flexibility index (Phi) is 2.87. The standard InChI is InChI=1S/C8H17NO2/c1-6-4-7(9(2)3)5-8(10)11-6/h6-8,10H,4-5H2,1-3H3. The lowest BCUT2D eigenvalue weighted by atomic mass is 10.0. The van der Waals surface area contributed by atoms with Crippen LogP contribution in [0.25, 0.3) is 0 Å². The van der Waals surface area contributed by atoms with Crippen LogP contribution in [-0.4, -0.2) is 42.5 Å². The minimum Gasteiger partial charge on any atom is -0.368 e. The van der Waals surface area contributed by atoms with Gasteiger partial charge in [0.1, 0.15) is 0 Å². The van der Waals surface area contributed by atoms with E-state index in [1.54, 1.807) is 0 Å². The van der Waals surface area contributed by atoms with Crippen molar-refractivity contribution in [1.29, 1.82) is 0 Å². The molecule has 1 heterocycles. The SMILES string of the molecule is CC1CC(N(C)C)CC(O)O1. The first-order chi connectivity index (χ1) is 5.09. The lowest BCUT2D eigenvalue weighted by Crippen LogP contribution is -2.41. The summed E-state index contributed by atoms with van der Waals surface area (Å²) in [5.74, 6) is 0. The molecule has 1 fully saturated rings. The fraction of sp³-hybridized carbons (Fsp3) is 1.00. The average molecular weight is 159 g/mol. The van der Waals surface area contributed by atoms with Crippen LogP contribution in [0.3, 0.4) is 0 Å². The zero-order valence-corrected chi connectivity index (χ0v) is 7.45. The van der Waals surface area contributed by atoms with E-state index in [4.69, 9.17) is 4.74 Å². The van der Waals surface area contributed by atoms with Crippen molar-refractivity contribution in [2.45, 2.75) is 38.2 Å². The van der Waals surface area contributed by atoms with Gasteiger partial charge in [0.15, 0.2) is 6.29 Å². The first-order valence-corrected chi connectivity index (χ1v) is 4.09. The molecule has 3 unspecified atom stereocenters. The number of aliphatic hydroxyl groups excluding tert-OH is 1. The quantitative estimate of drug-likeness (QED) is 0.602. The minimum atomic E-state index is -0.564. The number of hydrogen-bond donors (Lipinski definition) is 1. The molecule has 1 aliphatic heterocycles. The van der Waals surface area contributed by atoms with E-state index >= 15 is 0 Å². The van der Waals surface area contributed by atoms with E-state index in [9.17, 15) is 5.11 Å². The molecule has 0 aromatic rings. The summed E-state index contributed by atoms with van der Waals surface area (Å²) in [5, 5.41) is 9.25. The maximum atomic E-state index is 9.25. The summed E-state index contributed by atoms with van der Waals surface area (Å²) in [6.07, 6.45) is 1.37. The van der Waals surface area contributed by atoms with Crippen LogP contribution in [0.2, 0.25) is 0 Å². The van der Waals surface area contributed by atoms with Crippen molar-refractivity contribution in [1.82, 2.24) is 4.90 Å². The van der Waals surface area contributed by atoms with Crippen molar-refractivity contribution in [2.24, 2.45) is 0 Å². The normalized spacial score (nSPS) is 39.5. The monoisotopic (exact) mass is 159 g/mol. The Bertz CT molecular complexity index is 117. The van der Waals surface area contributed by atoms with E-state index in [1.807, 2.05) is 21.0 Å². The van der Waals surface area contributed by atoms with Crippen LogP contribution in [0, 0.1) is 0 Å². The van der Waals surface area contributed by atoms with Crippen molar-refractivity contribution in [3.8, 4) is 0 Å². The van der Waals surface area contributed by atoms with Crippen LogP contribution < -0.4 is 0 Å². The highest BCUT2D eigenvalue weighted by Crippen LogP contribution is 2.20. The number of hydrogen-bond acceptors (Lipinski definition) is 3. The van der Waals surface area contributed by atoms with Crippen molar-refractivity contribution in [3.05, 3.63) is 0 Å². The Balaban J connectivity index is 2.43. The van der Waals surface area contributed by atoms with Gasteiger partial charge in [0.2, 0.25) is 0 Å². The summed E-state index contributed by atoms with van der Waals surface area (Å²) in [4.78, 5) is 2.14. The second kappa shape index (κ2) is 3.52. The Morgan fingerprint density at radius 3 is 2.45 bits per heavy atom. The second-order valence-corrected chi connectivity index (χ2v) is 3.49. The maximum absolute atomic E-state index is 9.25. The summed E-state index contributed by atoms with van der Waals surface area (Å²) < 4.78 is 5.20. The molecule has 3 nitrogen and oxygen atoms in total. The molecule has 1 aliphatic rings. The molecule has 66 valence electrons. The molecular formula is C8H17NO2. The highest BCUT2D eigenvalue weighted by Gasteiger charge is 2.26. The third kappa shape index (κ3) is 2.43. The summed E-state index contributed by atoms with van der Waals surface area (Å²) in [5.41, 5.74) is 0. The van der Waals surface area contributed by atoms with Gasteiger partial charge in [0.05, 0.1) is 6.10 Å². The van der Waals surface area contributed by atoms with Crippen molar-refractivity contribution < 1.29 is 9.84 Å². The van der Waals surface area contributed by atoms with Gasteiger partial charge in [0.25, 0.3) is 0 Å². The maximum Gasteiger partial charge on any atom is 0.156 e. The molecular weight excluding hydrogens is 142 g/mol. The average Bonchev–Trinajstić information content (AvgIpc) is 1.85. The second-order valence-electron chi connectivity index (χ2n) is 3.49. The Labute approximate surface area is 68.0 Å². The van der Waals surface area contributed by atoms with Crippen LogP contribution in [0.15, 0.2) is 0 Å².